The van der Waals surface area contributed by atoms with Gasteiger partial charge in [0.25, 0.3) is 11.8 Å². The van der Waals surface area contributed by atoms with Gasteiger partial charge in [0.15, 0.2) is 5.69 Å². The maximum absolute atomic E-state index is 14.0. The van der Waals surface area contributed by atoms with Crippen LogP contribution >= 0.6 is 0 Å². The third kappa shape index (κ3) is 11.9. The van der Waals surface area contributed by atoms with E-state index >= 15 is 0 Å². The Balaban J connectivity index is 1.61. The number of esters is 3. The number of methoxy groups -OCH3 is 1. The summed E-state index contributed by atoms with van der Waals surface area (Å²) in [7, 11) is 1.42. The number of nitrogens with one attached hydrogen (secondary N) is 4. The van der Waals surface area contributed by atoms with E-state index in [0.717, 1.165) is 12.8 Å². The predicted octanol–water partition coefficient (Wildman–Crippen LogP) is 5.03. The summed E-state index contributed by atoms with van der Waals surface area (Å²) in [6.45, 7) is 11.6. The van der Waals surface area contributed by atoms with Gasteiger partial charge in [-0.25, -0.2) is 14.6 Å². The van der Waals surface area contributed by atoms with Gasteiger partial charge in [-0.2, -0.15) is 0 Å². The number of hydrogen-bond acceptors (Lipinski definition) is 14. The molecule has 1 saturated carbocycles. The SMILES string of the molecule is C=Cc1cc(C(=O)Nc2ccc(C(=N)NC(=O)OC(C)OC(=O)C(C)C)cc2)c(-c2ccc(C(=O)NCC3CC3)nc2C(=O)OCOC(=O)C(N)C(C)C)cc1OC. The molecule has 2 unspecified atom stereocenters. The molecule has 17 heteroatoms. The van der Waals surface area contributed by atoms with E-state index in [-0.39, 0.29) is 45.4 Å². The summed E-state index contributed by atoms with van der Waals surface area (Å²) in [5.74, 6) is -3.88. The second kappa shape index (κ2) is 20.0. The number of ether oxygens (including phenoxy) is 5. The van der Waals surface area contributed by atoms with Crippen LogP contribution in [0.25, 0.3) is 17.2 Å². The highest BCUT2D eigenvalue weighted by Gasteiger charge is 2.27. The molecule has 58 heavy (non-hydrogen) atoms. The fraction of sp³-hybridized carbons (Fsp3) is 0.366. The molecule has 1 heterocycles. The molecule has 0 saturated heterocycles. The fourth-order valence-electron chi connectivity index (χ4n) is 5.13. The lowest BCUT2D eigenvalue weighted by Gasteiger charge is -2.18. The summed E-state index contributed by atoms with van der Waals surface area (Å²) in [5, 5.41) is 16.1. The summed E-state index contributed by atoms with van der Waals surface area (Å²) in [6, 6.07) is 10.8. The highest BCUT2D eigenvalue weighted by Crippen LogP contribution is 2.35. The molecule has 17 nitrogen and oxygen atoms in total. The van der Waals surface area contributed by atoms with Crippen LogP contribution in [0.5, 0.6) is 5.75 Å². The number of anilines is 1. The van der Waals surface area contributed by atoms with Crippen molar-refractivity contribution in [2.75, 3.05) is 25.8 Å². The Hall–Kier alpha value is -6.62. The molecule has 1 aliphatic rings. The quantitative estimate of drug-likeness (QED) is 0.0521. The lowest BCUT2D eigenvalue weighted by Crippen LogP contribution is -2.37. The van der Waals surface area contributed by atoms with Crippen LogP contribution in [0.4, 0.5) is 10.5 Å². The van der Waals surface area contributed by atoms with Crippen LogP contribution in [0, 0.1) is 23.2 Å². The van der Waals surface area contributed by atoms with Crippen molar-refractivity contribution >= 4 is 53.4 Å². The lowest BCUT2D eigenvalue weighted by atomic mass is 9.94. The molecule has 1 aromatic heterocycles. The predicted molar refractivity (Wildman–Crippen MR) is 212 cm³/mol. The number of nitrogens with two attached hydrogens (primary N) is 1. The van der Waals surface area contributed by atoms with Crippen molar-refractivity contribution in [2.45, 2.75) is 59.8 Å². The van der Waals surface area contributed by atoms with E-state index in [1.807, 2.05) is 0 Å². The van der Waals surface area contributed by atoms with Crippen molar-refractivity contribution in [3.05, 3.63) is 83.2 Å². The van der Waals surface area contributed by atoms with Crippen LogP contribution in [0.3, 0.4) is 0 Å². The number of aromatic nitrogens is 1. The first-order chi connectivity index (χ1) is 27.5. The van der Waals surface area contributed by atoms with Crippen molar-refractivity contribution in [1.29, 1.82) is 5.41 Å². The molecule has 2 aromatic carbocycles. The van der Waals surface area contributed by atoms with E-state index < -0.39 is 60.9 Å². The number of hydrogen-bond donors (Lipinski definition) is 5. The summed E-state index contributed by atoms with van der Waals surface area (Å²) in [5.41, 5.74) is 6.69. The number of alkyl carbamates (subject to hydrolysis) is 1. The van der Waals surface area contributed by atoms with Gasteiger partial charge < -0.3 is 40.1 Å². The fourth-order valence-corrected chi connectivity index (χ4v) is 5.13. The summed E-state index contributed by atoms with van der Waals surface area (Å²) < 4.78 is 25.9. The normalized spacial score (nSPS) is 13.1. The Labute approximate surface area is 335 Å². The minimum Gasteiger partial charge on any atom is -0.496 e. The Kier molecular flexibility index (Phi) is 15.2. The van der Waals surface area contributed by atoms with Gasteiger partial charge in [-0.1, -0.05) is 40.3 Å². The molecule has 1 aliphatic carbocycles. The van der Waals surface area contributed by atoms with Crippen molar-refractivity contribution in [3.8, 4) is 16.9 Å². The van der Waals surface area contributed by atoms with Crippen LogP contribution in [0.15, 0.2) is 55.1 Å². The third-order valence-electron chi connectivity index (χ3n) is 8.76. The van der Waals surface area contributed by atoms with E-state index in [1.165, 1.54) is 68.6 Å². The van der Waals surface area contributed by atoms with Crippen LogP contribution in [0.2, 0.25) is 0 Å². The van der Waals surface area contributed by atoms with Gasteiger partial charge in [-0.05, 0) is 73.2 Å². The number of pyridine rings is 1. The molecular weight excluding hydrogens is 752 g/mol. The number of amides is 3. The maximum Gasteiger partial charge on any atom is 0.415 e. The Bertz CT molecular complexity index is 2060. The first kappa shape index (κ1) is 44.1. The third-order valence-corrected chi connectivity index (χ3v) is 8.76. The topological polar surface area (TPSA) is 247 Å². The molecular formula is C41H48N6O11. The first-order valence-corrected chi connectivity index (χ1v) is 18.4. The minimum absolute atomic E-state index is 0.0420. The lowest BCUT2D eigenvalue weighted by molar-refractivity contribution is -0.168. The molecule has 0 spiro atoms. The molecule has 3 amide bonds. The average Bonchev–Trinajstić information content (AvgIpc) is 4.03. The molecule has 6 N–H and O–H groups in total. The van der Waals surface area contributed by atoms with E-state index in [0.29, 0.717) is 29.5 Å². The molecule has 4 rings (SSSR count). The molecule has 0 aliphatic heterocycles. The molecule has 3 aromatic rings. The molecule has 0 radical (unpaired) electrons. The maximum atomic E-state index is 14.0. The first-order valence-electron chi connectivity index (χ1n) is 18.4. The zero-order valence-corrected chi connectivity index (χ0v) is 33.1. The standard InChI is InChI=1S/C41H48N6O11/c1-8-25-17-30(36(48)45-27-13-11-26(12-14-27)35(43)47-41(53)58-23(6)57-38(50)22(4)5)29(18-32(25)54-7)28-15-16-31(37(49)44-19-24-9-10-24)46-34(28)40(52)56-20-55-39(51)33(42)21(2)3/h8,11-18,21-24,33H,1,9-10,19-20,42H2,2-7H3,(H,44,49)(H,45,48)(H2,43,47,53). The van der Waals surface area contributed by atoms with Gasteiger partial charge in [-0.3, -0.25) is 29.9 Å². The van der Waals surface area contributed by atoms with Crippen molar-refractivity contribution in [1.82, 2.24) is 15.6 Å². The number of carbonyl (C=O) groups excluding carboxylic acids is 6. The van der Waals surface area contributed by atoms with Crippen LogP contribution in [-0.2, 0) is 28.5 Å². The molecule has 1 fully saturated rings. The number of amidine groups is 1. The van der Waals surface area contributed by atoms with Gasteiger partial charge in [0, 0.05) is 47.0 Å². The van der Waals surface area contributed by atoms with Crippen LogP contribution in [0.1, 0.15) is 89.9 Å². The zero-order valence-electron chi connectivity index (χ0n) is 33.1. The van der Waals surface area contributed by atoms with Crippen molar-refractivity contribution in [3.63, 3.8) is 0 Å². The van der Waals surface area contributed by atoms with E-state index in [9.17, 15) is 28.8 Å². The second-order valence-corrected chi connectivity index (χ2v) is 14.0. The minimum atomic E-state index is -1.18. The highest BCUT2D eigenvalue weighted by molar-refractivity contribution is 6.11. The van der Waals surface area contributed by atoms with E-state index in [2.05, 4.69) is 27.5 Å². The second-order valence-electron chi connectivity index (χ2n) is 14.0. The smallest absolute Gasteiger partial charge is 0.415 e. The Morgan fingerprint density at radius 3 is 2.21 bits per heavy atom. The Morgan fingerprint density at radius 1 is 0.914 bits per heavy atom. The molecule has 308 valence electrons. The summed E-state index contributed by atoms with van der Waals surface area (Å²) >= 11 is 0. The van der Waals surface area contributed by atoms with Gasteiger partial charge in [0.1, 0.15) is 23.3 Å². The zero-order chi connectivity index (χ0) is 42.7. The van der Waals surface area contributed by atoms with Crippen molar-refractivity contribution in [2.24, 2.45) is 23.5 Å². The largest absolute Gasteiger partial charge is 0.496 e. The van der Waals surface area contributed by atoms with Gasteiger partial charge >= 0.3 is 24.0 Å². The van der Waals surface area contributed by atoms with Gasteiger partial charge in [-0.15, -0.1) is 0 Å². The van der Waals surface area contributed by atoms with Crippen LogP contribution in [-0.4, -0.2) is 79.4 Å². The summed E-state index contributed by atoms with van der Waals surface area (Å²) in [4.78, 5) is 81.5. The Morgan fingerprint density at radius 2 is 1.60 bits per heavy atom. The molecule has 0 bridgehead atoms. The van der Waals surface area contributed by atoms with Gasteiger partial charge in [0.05, 0.1) is 13.0 Å². The summed E-state index contributed by atoms with van der Waals surface area (Å²) in [6.07, 6.45) is 1.27. The monoisotopic (exact) mass is 800 g/mol. The average molecular weight is 801 g/mol. The van der Waals surface area contributed by atoms with Crippen LogP contribution < -0.4 is 26.4 Å². The van der Waals surface area contributed by atoms with Crippen molar-refractivity contribution < 1.29 is 52.5 Å². The van der Waals surface area contributed by atoms with E-state index in [4.69, 9.17) is 34.8 Å². The number of nitrogens with zero attached hydrogens (tertiary/aromatic N) is 1. The molecule has 2 atom stereocenters. The van der Waals surface area contributed by atoms with Gasteiger partial charge in [0.2, 0.25) is 13.1 Å². The number of rotatable bonds is 17. The number of benzene rings is 2. The van der Waals surface area contributed by atoms with E-state index in [1.54, 1.807) is 27.7 Å². The number of carbonyl (C=O) groups is 6. The highest BCUT2D eigenvalue weighted by atomic mass is 16.7.